The van der Waals surface area contributed by atoms with Gasteiger partial charge in [0, 0.05) is 13.1 Å². The SMILES string of the molecule is C#CCNCc1cccc2c1N(C(=O)OC(C)(C)C)CC2. The third-order valence-corrected chi connectivity index (χ3v) is 3.23. The number of carbonyl (C=O) groups is 1. The Balaban J connectivity index is 2.21. The minimum Gasteiger partial charge on any atom is -0.443 e. The van der Waals surface area contributed by atoms with Gasteiger partial charge in [-0.15, -0.1) is 6.42 Å². The molecule has 0 atom stereocenters. The van der Waals surface area contributed by atoms with Crippen LogP contribution in [0.5, 0.6) is 0 Å². The van der Waals surface area contributed by atoms with E-state index in [1.807, 2.05) is 32.9 Å². The van der Waals surface area contributed by atoms with E-state index < -0.39 is 5.60 Å². The second kappa shape index (κ2) is 6.19. The Morgan fingerprint density at radius 2 is 2.24 bits per heavy atom. The highest BCUT2D eigenvalue weighted by molar-refractivity contribution is 5.91. The van der Waals surface area contributed by atoms with Gasteiger partial charge in [0.2, 0.25) is 0 Å². The first-order valence-corrected chi connectivity index (χ1v) is 7.18. The predicted octanol–water partition coefficient (Wildman–Crippen LogP) is 2.71. The summed E-state index contributed by atoms with van der Waals surface area (Å²) in [5.41, 5.74) is 2.74. The molecular formula is C17H22N2O2. The quantitative estimate of drug-likeness (QED) is 0.686. The maximum absolute atomic E-state index is 12.4. The number of terminal acetylenes is 1. The molecule has 1 aromatic rings. The number of amides is 1. The first-order valence-electron chi connectivity index (χ1n) is 7.18. The molecule has 1 aromatic carbocycles. The van der Waals surface area contributed by atoms with Crippen molar-refractivity contribution < 1.29 is 9.53 Å². The zero-order valence-electron chi connectivity index (χ0n) is 12.9. The fourth-order valence-electron chi connectivity index (χ4n) is 2.45. The third kappa shape index (κ3) is 3.77. The molecule has 0 aromatic heterocycles. The second-order valence-corrected chi connectivity index (χ2v) is 6.11. The molecule has 1 aliphatic heterocycles. The summed E-state index contributed by atoms with van der Waals surface area (Å²) in [4.78, 5) is 14.1. The Morgan fingerprint density at radius 1 is 1.48 bits per heavy atom. The molecule has 0 fully saturated rings. The molecule has 1 heterocycles. The number of benzene rings is 1. The van der Waals surface area contributed by atoms with Crippen molar-refractivity contribution in [3.63, 3.8) is 0 Å². The van der Waals surface area contributed by atoms with Gasteiger partial charge in [0.05, 0.1) is 12.2 Å². The summed E-state index contributed by atoms with van der Waals surface area (Å²) in [5.74, 6) is 2.55. The number of nitrogens with zero attached hydrogens (tertiary/aromatic N) is 1. The summed E-state index contributed by atoms with van der Waals surface area (Å²) in [6.45, 7) is 7.45. The number of hydrogen-bond donors (Lipinski definition) is 1. The van der Waals surface area contributed by atoms with E-state index in [4.69, 9.17) is 11.2 Å². The van der Waals surface area contributed by atoms with Crippen molar-refractivity contribution >= 4 is 11.8 Å². The largest absolute Gasteiger partial charge is 0.443 e. The molecule has 2 rings (SSSR count). The zero-order chi connectivity index (χ0) is 15.5. The molecule has 4 nitrogen and oxygen atoms in total. The van der Waals surface area contributed by atoms with Crippen molar-refractivity contribution in [2.75, 3.05) is 18.0 Å². The van der Waals surface area contributed by atoms with Gasteiger partial charge >= 0.3 is 6.09 Å². The van der Waals surface area contributed by atoms with Crippen LogP contribution in [0.25, 0.3) is 0 Å². The van der Waals surface area contributed by atoms with Crippen molar-refractivity contribution in [1.29, 1.82) is 0 Å². The summed E-state index contributed by atoms with van der Waals surface area (Å²) in [5, 5.41) is 3.17. The highest BCUT2D eigenvalue weighted by Gasteiger charge is 2.30. The monoisotopic (exact) mass is 286 g/mol. The van der Waals surface area contributed by atoms with E-state index in [0.717, 1.165) is 17.7 Å². The average molecular weight is 286 g/mol. The number of anilines is 1. The Bertz CT molecular complexity index is 567. The topological polar surface area (TPSA) is 41.6 Å². The van der Waals surface area contributed by atoms with E-state index in [-0.39, 0.29) is 6.09 Å². The van der Waals surface area contributed by atoms with Gasteiger partial charge < -0.3 is 10.1 Å². The highest BCUT2D eigenvalue weighted by atomic mass is 16.6. The van der Waals surface area contributed by atoms with Crippen LogP contribution in [0.3, 0.4) is 0 Å². The lowest BCUT2D eigenvalue weighted by Gasteiger charge is -2.26. The standard InChI is InChI=1S/C17H22N2O2/c1-5-10-18-12-14-8-6-7-13-9-11-19(15(13)14)16(20)21-17(2,3)4/h1,6-8,18H,9-12H2,2-4H3. The first-order chi connectivity index (χ1) is 9.92. The van der Waals surface area contributed by atoms with Crippen LogP contribution in [-0.4, -0.2) is 24.8 Å². The van der Waals surface area contributed by atoms with E-state index >= 15 is 0 Å². The third-order valence-electron chi connectivity index (χ3n) is 3.23. The van der Waals surface area contributed by atoms with Crippen molar-refractivity contribution in [2.24, 2.45) is 0 Å². The molecule has 112 valence electrons. The molecule has 4 heteroatoms. The van der Waals surface area contributed by atoms with E-state index in [9.17, 15) is 4.79 Å². The number of carbonyl (C=O) groups excluding carboxylic acids is 1. The van der Waals surface area contributed by atoms with Gasteiger partial charge in [-0.25, -0.2) is 4.79 Å². The van der Waals surface area contributed by atoms with Crippen LogP contribution in [0, 0.1) is 12.3 Å². The fourth-order valence-corrected chi connectivity index (χ4v) is 2.45. The molecule has 0 radical (unpaired) electrons. The van der Waals surface area contributed by atoms with Crippen LogP contribution in [0.4, 0.5) is 10.5 Å². The molecule has 0 aliphatic carbocycles. The molecule has 0 bridgehead atoms. The maximum Gasteiger partial charge on any atom is 0.414 e. The lowest BCUT2D eigenvalue weighted by Crippen LogP contribution is -2.36. The van der Waals surface area contributed by atoms with E-state index in [1.165, 1.54) is 5.56 Å². The smallest absolute Gasteiger partial charge is 0.414 e. The predicted molar refractivity (Wildman–Crippen MR) is 84.3 cm³/mol. The van der Waals surface area contributed by atoms with Crippen LogP contribution < -0.4 is 10.2 Å². The normalized spacial score (nSPS) is 13.7. The number of para-hydroxylation sites is 1. The Labute approximate surface area is 126 Å². The van der Waals surface area contributed by atoms with Crippen LogP contribution >= 0.6 is 0 Å². The summed E-state index contributed by atoms with van der Waals surface area (Å²) >= 11 is 0. The molecule has 1 amide bonds. The van der Waals surface area contributed by atoms with Crippen molar-refractivity contribution in [3.8, 4) is 12.3 Å². The number of hydrogen-bond acceptors (Lipinski definition) is 3. The lowest BCUT2D eigenvalue weighted by atomic mass is 10.1. The molecule has 0 spiro atoms. The van der Waals surface area contributed by atoms with Crippen molar-refractivity contribution in [3.05, 3.63) is 29.3 Å². The summed E-state index contributed by atoms with van der Waals surface area (Å²) in [6, 6.07) is 6.10. The van der Waals surface area contributed by atoms with Gasteiger partial charge in [-0.2, -0.15) is 0 Å². The van der Waals surface area contributed by atoms with Gasteiger partial charge in [-0.1, -0.05) is 24.1 Å². The van der Waals surface area contributed by atoms with Gasteiger partial charge in [0.1, 0.15) is 5.60 Å². The van der Waals surface area contributed by atoms with E-state index in [0.29, 0.717) is 19.6 Å². The number of fused-ring (bicyclic) bond motifs is 1. The number of ether oxygens (including phenoxy) is 1. The molecule has 0 saturated heterocycles. The molecule has 1 aliphatic rings. The minimum absolute atomic E-state index is 0.286. The lowest BCUT2D eigenvalue weighted by molar-refractivity contribution is 0.0583. The van der Waals surface area contributed by atoms with Crippen molar-refractivity contribution in [2.45, 2.75) is 39.3 Å². The van der Waals surface area contributed by atoms with Gasteiger partial charge in [-0.3, -0.25) is 4.90 Å². The average Bonchev–Trinajstić information content (AvgIpc) is 2.82. The molecule has 0 unspecified atom stereocenters. The van der Waals surface area contributed by atoms with Crippen LogP contribution in [-0.2, 0) is 17.7 Å². The molecule has 0 saturated carbocycles. The Hall–Kier alpha value is -1.99. The summed E-state index contributed by atoms with van der Waals surface area (Å²) in [7, 11) is 0. The van der Waals surface area contributed by atoms with Crippen LogP contribution in [0.1, 0.15) is 31.9 Å². The van der Waals surface area contributed by atoms with Gasteiger partial charge in [0.25, 0.3) is 0 Å². The zero-order valence-corrected chi connectivity index (χ0v) is 12.9. The Morgan fingerprint density at radius 3 is 2.90 bits per heavy atom. The molecule has 1 N–H and O–H groups in total. The highest BCUT2D eigenvalue weighted by Crippen LogP contribution is 2.33. The first kappa shape index (κ1) is 15.4. The fraction of sp³-hybridized carbons (Fsp3) is 0.471. The number of nitrogens with one attached hydrogen (secondary N) is 1. The molecule has 21 heavy (non-hydrogen) atoms. The second-order valence-electron chi connectivity index (χ2n) is 6.11. The maximum atomic E-state index is 12.4. The number of rotatable bonds is 3. The van der Waals surface area contributed by atoms with Crippen LogP contribution in [0.2, 0.25) is 0 Å². The molecular weight excluding hydrogens is 264 g/mol. The summed E-state index contributed by atoms with van der Waals surface area (Å²) < 4.78 is 5.49. The van der Waals surface area contributed by atoms with Crippen LogP contribution in [0.15, 0.2) is 18.2 Å². The van der Waals surface area contributed by atoms with E-state index in [2.05, 4.69) is 17.3 Å². The van der Waals surface area contributed by atoms with Crippen molar-refractivity contribution in [1.82, 2.24) is 5.32 Å². The van der Waals surface area contributed by atoms with E-state index in [1.54, 1.807) is 4.90 Å². The van der Waals surface area contributed by atoms with Gasteiger partial charge in [0.15, 0.2) is 0 Å². The Kier molecular flexibility index (Phi) is 4.54. The summed E-state index contributed by atoms with van der Waals surface area (Å²) in [6.07, 6.45) is 5.83. The van der Waals surface area contributed by atoms with Gasteiger partial charge in [-0.05, 0) is 38.3 Å². The minimum atomic E-state index is -0.490.